The quantitative estimate of drug-likeness (QED) is 0.751. The molecule has 144 valence electrons. The van der Waals surface area contributed by atoms with E-state index in [0.717, 1.165) is 29.5 Å². The zero-order valence-electron chi connectivity index (χ0n) is 15.3. The lowest BCUT2D eigenvalue weighted by Crippen LogP contribution is -2.30. The number of fused-ring (bicyclic) bond motifs is 1. The van der Waals surface area contributed by atoms with Gasteiger partial charge in [-0.2, -0.15) is 0 Å². The summed E-state index contributed by atoms with van der Waals surface area (Å²) in [5, 5.41) is 2.87. The lowest BCUT2D eigenvalue weighted by molar-refractivity contribution is -0.116. The van der Waals surface area contributed by atoms with E-state index >= 15 is 0 Å². The van der Waals surface area contributed by atoms with Crippen LogP contribution in [0.1, 0.15) is 19.3 Å². The molecule has 1 aromatic carbocycles. The van der Waals surface area contributed by atoms with Crippen molar-refractivity contribution in [2.75, 3.05) is 23.3 Å². The number of carbonyl (C=O) groups excluding carboxylic acids is 1. The topological polar surface area (TPSA) is 80.1 Å². The number of benzene rings is 1. The van der Waals surface area contributed by atoms with Crippen molar-refractivity contribution >= 4 is 28.3 Å². The molecular formula is C20H20FN5O2. The number of carbonyl (C=O) groups is 1. The van der Waals surface area contributed by atoms with Gasteiger partial charge in [0.25, 0.3) is 5.56 Å². The number of nitrogens with one attached hydrogen (secondary N) is 1. The first-order valence-corrected chi connectivity index (χ1v) is 9.26. The number of halogens is 1. The van der Waals surface area contributed by atoms with Crippen LogP contribution in [0.15, 0.2) is 47.7 Å². The molecule has 1 amide bonds. The second-order valence-electron chi connectivity index (χ2n) is 6.84. The molecule has 4 rings (SSSR count). The van der Waals surface area contributed by atoms with Crippen LogP contribution in [0.2, 0.25) is 0 Å². The summed E-state index contributed by atoms with van der Waals surface area (Å²) in [6.07, 6.45) is 6.48. The van der Waals surface area contributed by atoms with Crippen molar-refractivity contribution in [1.82, 2.24) is 14.5 Å². The van der Waals surface area contributed by atoms with Crippen LogP contribution in [0.4, 0.5) is 15.9 Å². The second kappa shape index (κ2) is 7.75. The zero-order chi connectivity index (χ0) is 19.5. The van der Waals surface area contributed by atoms with Crippen LogP contribution in [0.25, 0.3) is 10.9 Å². The van der Waals surface area contributed by atoms with Gasteiger partial charge in [-0.05, 0) is 49.6 Å². The van der Waals surface area contributed by atoms with E-state index in [1.165, 1.54) is 37.7 Å². The van der Waals surface area contributed by atoms with Crippen molar-refractivity contribution < 1.29 is 9.18 Å². The van der Waals surface area contributed by atoms with Crippen LogP contribution < -0.4 is 15.8 Å². The number of amides is 1. The molecule has 3 aromatic rings. The van der Waals surface area contributed by atoms with Crippen molar-refractivity contribution in [3.8, 4) is 0 Å². The Morgan fingerprint density at radius 2 is 1.93 bits per heavy atom. The number of aromatic nitrogens is 3. The van der Waals surface area contributed by atoms with E-state index in [2.05, 4.69) is 20.2 Å². The molecule has 3 heterocycles. The van der Waals surface area contributed by atoms with Crippen LogP contribution in [-0.2, 0) is 11.3 Å². The Hall–Kier alpha value is -3.29. The molecule has 0 atom stereocenters. The third kappa shape index (κ3) is 3.85. The van der Waals surface area contributed by atoms with Crippen molar-refractivity contribution in [2.45, 2.75) is 25.8 Å². The summed E-state index contributed by atoms with van der Waals surface area (Å²) < 4.78 is 14.6. The summed E-state index contributed by atoms with van der Waals surface area (Å²) in [7, 11) is 0. The van der Waals surface area contributed by atoms with Gasteiger partial charge in [0.15, 0.2) is 0 Å². The molecule has 0 saturated carbocycles. The van der Waals surface area contributed by atoms with E-state index in [1.807, 2.05) is 6.07 Å². The molecule has 1 aliphatic rings. The third-order valence-corrected chi connectivity index (χ3v) is 4.81. The van der Waals surface area contributed by atoms with Crippen molar-refractivity contribution in [3.05, 3.63) is 59.0 Å². The third-order valence-electron chi connectivity index (χ3n) is 4.81. The molecule has 0 unspecified atom stereocenters. The van der Waals surface area contributed by atoms with Crippen LogP contribution in [0.3, 0.4) is 0 Å². The smallest absolute Gasteiger partial charge is 0.261 e. The van der Waals surface area contributed by atoms with E-state index in [9.17, 15) is 14.0 Å². The molecule has 0 spiro atoms. The normalized spacial score (nSPS) is 14.2. The van der Waals surface area contributed by atoms with Crippen LogP contribution in [0, 0.1) is 5.82 Å². The molecule has 8 heteroatoms. The first-order valence-electron chi connectivity index (χ1n) is 9.26. The fourth-order valence-electron chi connectivity index (χ4n) is 3.37. The maximum absolute atomic E-state index is 13.4. The zero-order valence-corrected chi connectivity index (χ0v) is 15.3. The highest BCUT2D eigenvalue weighted by Crippen LogP contribution is 2.19. The summed E-state index contributed by atoms with van der Waals surface area (Å²) in [6, 6.07) is 7.49. The molecule has 1 saturated heterocycles. The van der Waals surface area contributed by atoms with E-state index in [1.54, 1.807) is 12.3 Å². The molecule has 7 nitrogen and oxygen atoms in total. The number of piperidine rings is 1. The number of rotatable bonds is 4. The number of anilines is 2. The molecular weight excluding hydrogens is 361 g/mol. The van der Waals surface area contributed by atoms with Gasteiger partial charge < -0.3 is 10.2 Å². The highest BCUT2D eigenvalue weighted by atomic mass is 19.1. The Labute approximate surface area is 160 Å². The van der Waals surface area contributed by atoms with Crippen LogP contribution >= 0.6 is 0 Å². The van der Waals surface area contributed by atoms with Crippen LogP contribution in [-0.4, -0.2) is 33.5 Å². The second-order valence-corrected chi connectivity index (χ2v) is 6.84. The maximum atomic E-state index is 13.4. The SMILES string of the molecule is O=C(Cn1cnc2ccc(F)cc2c1=O)Nc1ccc(N2CCCCC2)nc1. The fraction of sp³-hybridized carbons (Fsp3) is 0.300. The average molecular weight is 381 g/mol. The lowest BCUT2D eigenvalue weighted by Gasteiger charge is -2.27. The molecule has 0 bridgehead atoms. The average Bonchev–Trinajstić information content (AvgIpc) is 2.72. The Morgan fingerprint density at radius 3 is 2.68 bits per heavy atom. The molecule has 1 fully saturated rings. The highest BCUT2D eigenvalue weighted by Gasteiger charge is 2.13. The summed E-state index contributed by atoms with van der Waals surface area (Å²) in [5.74, 6) is -0.00433. The van der Waals surface area contributed by atoms with Gasteiger partial charge in [0.05, 0.1) is 29.1 Å². The first kappa shape index (κ1) is 18.1. The van der Waals surface area contributed by atoms with E-state index in [-0.39, 0.29) is 17.8 Å². The van der Waals surface area contributed by atoms with Gasteiger partial charge in [0.2, 0.25) is 5.91 Å². The van der Waals surface area contributed by atoms with Crippen molar-refractivity contribution in [1.29, 1.82) is 0 Å². The number of hydrogen-bond acceptors (Lipinski definition) is 5. The summed E-state index contributed by atoms with van der Waals surface area (Å²) >= 11 is 0. The summed E-state index contributed by atoms with van der Waals surface area (Å²) in [4.78, 5) is 35.5. The number of pyridine rings is 1. The fourth-order valence-corrected chi connectivity index (χ4v) is 3.37. The predicted octanol–water partition coefficient (Wildman–Crippen LogP) is 2.56. The monoisotopic (exact) mass is 381 g/mol. The van der Waals surface area contributed by atoms with E-state index < -0.39 is 11.4 Å². The Kier molecular flexibility index (Phi) is 5.01. The molecule has 0 radical (unpaired) electrons. The Morgan fingerprint density at radius 1 is 1.11 bits per heavy atom. The van der Waals surface area contributed by atoms with Crippen LogP contribution in [0.5, 0.6) is 0 Å². The van der Waals surface area contributed by atoms with Gasteiger partial charge in [-0.1, -0.05) is 0 Å². The molecule has 1 aliphatic heterocycles. The minimum absolute atomic E-state index is 0.142. The molecule has 28 heavy (non-hydrogen) atoms. The molecule has 0 aliphatic carbocycles. The largest absolute Gasteiger partial charge is 0.357 e. The van der Waals surface area contributed by atoms with E-state index in [0.29, 0.717) is 11.2 Å². The van der Waals surface area contributed by atoms with E-state index in [4.69, 9.17) is 0 Å². The van der Waals surface area contributed by atoms with Gasteiger partial charge >= 0.3 is 0 Å². The highest BCUT2D eigenvalue weighted by molar-refractivity contribution is 5.90. The minimum Gasteiger partial charge on any atom is -0.357 e. The summed E-state index contributed by atoms with van der Waals surface area (Å²) in [6.45, 7) is 1.78. The van der Waals surface area contributed by atoms with Gasteiger partial charge in [0, 0.05) is 13.1 Å². The predicted molar refractivity (Wildman–Crippen MR) is 105 cm³/mol. The number of hydrogen-bond donors (Lipinski definition) is 1. The van der Waals surface area contributed by atoms with Gasteiger partial charge in [-0.25, -0.2) is 14.4 Å². The summed E-state index contributed by atoms with van der Waals surface area (Å²) in [5.41, 5.74) is 0.484. The van der Waals surface area contributed by atoms with Gasteiger partial charge in [0.1, 0.15) is 18.2 Å². The van der Waals surface area contributed by atoms with Crippen molar-refractivity contribution in [3.63, 3.8) is 0 Å². The first-order chi connectivity index (χ1) is 13.6. The van der Waals surface area contributed by atoms with Crippen molar-refractivity contribution in [2.24, 2.45) is 0 Å². The van der Waals surface area contributed by atoms with Gasteiger partial charge in [-0.15, -0.1) is 0 Å². The molecule has 2 aromatic heterocycles. The standard InChI is InChI=1S/C20H20FN5O2/c21-14-4-6-17-16(10-14)20(28)26(13-23-17)12-19(27)24-15-5-7-18(22-11-15)25-8-2-1-3-9-25/h4-7,10-11,13H,1-3,8-9,12H2,(H,24,27). The lowest BCUT2D eigenvalue weighted by atomic mass is 10.1. The number of nitrogens with zero attached hydrogens (tertiary/aromatic N) is 4. The molecule has 1 N–H and O–H groups in total. The Balaban J connectivity index is 1.45. The maximum Gasteiger partial charge on any atom is 0.261 e. The van der Waals surface area contributed by atoms with Gasteiger partial charge in [-0.3, -0.25) is 14.2 Å². The minimum atomic E-state index is -0.520. The Bertz CT molecular complexity index is 1060.